The predicted octanol–water partition coefficient (Wildman–Crippen LogP) is 0.611. The lowest BCUT2D eigenvalue weighted by Crippen LogP contribution is -2.56. The number of hydrogen-bond acceptors (Lipinski definition) is 5. The van der Waals surface area contributed by atoms with E-state index in [1.807, 2.05) is 13.8 Å². The second-order valence-corrected chi connectivity index (χ2v) is 5.05. The third kappa shape index (κ3) is 1.73. The van der Waals surface area contributed by atoms with Gasteiger partial charge in [0.15, 0.2) is 5.79 Å². The van der Waals surface area contributed by atoms with Gasteiger partial charge in [-0.1, -0.05) is 0 Å². The van der Waals surface area contributed by atoms with E-state index in [2.05, 4.69) is 0 Å². The van der Waals surface area contributed by atoms with Crippen molar-refractivity contribution < 1.29 is 23.7 Å². The van der Waals surface area contributed by atoms with Gasteiger partial charge in [-0.15, -0.1) is 0 Å². The summed E-state index contributed by atoms with van der Waals surface area (Å²) in [6.45, 7) is 4.29. The number of carbonyl (C=O) groups is 1. The Morgan fingerprint density at radius 1 is 1.19 bits per heavy atom. The Morgan fingerprint density at radius 3 is 2.81 bits per heavy atom. The zero-order valence-corrected chi connectivity index (χ0v) is 9.47. The number of ether oxygens (including phenoxy) is 4. The van der Waals surface area contributed by atoms with E-state index >= 15 is 0 Å². The molecule has 0 bridgehead atoms. The standard InChI is InChI=1S/C11H16O5/c1-11(2)13-5-9-8(16-11)3-6-7(14-9)4-10(12)15-6/h6-9H,3-5H2,1-2H3/t6-,7-,8-,9+/m0/s1. The smallest absolute Gasteiger partial charge is 0.308 e. The Bertz CT molecular complexity index is 313. The Hall–Kier alpha value is -0.650. The molecular formula is C11H16O5. The molecule has 3 rings (SSSR count). The number of fused-ring (bicyclic) bond motifs is 2. The van der Waals surface area contributed by atoms with E-state index in [0.29, 0.717) is 19.4 Å². The molecule has 0 N–H and O–H groups in total. The van der Waals surface area contributed by atoms with Gasteiger partial charge in [0.25, 0.3) is 0 Å². The highest BCUT2D eigenvalue weighted by Crippen LogP contribution is 2.36. The van der Waals surface area contributed by atoms with Gasteiger partial charge in [0.2, 0.25) is 0 Å². The molecule has 90 valence electrons. The van der Waals surface area contributed by atoms with Crippen molar-refractivity contribution in [3.05, 3.63) is 0 Å². The van der Waals surface area contributed by atoms with Crippen molar-refractivity contribution in [2.75, 3.05) is 6.61 Å². The van der Waals surface area contributed by atoms with E-state index in [-0.39, 0.29) is 30.4 Å². The van der Waals surface area contributed by atoms with Crippen molar-refractivity contribution in [2.45, 2.75) is 56.9 Å². The van der Waals surface area contributed by atoms with Gasteiger partial charge < -0.3 is 18.9 Å². The SMILES string of the molecule is CC1(C)OC[C@H]2O[C@H]3CC(=O)O[C@H]3C[C@@H]2O1. The second-order valence-electron chi connectivity index (χ2n) is 5.05. The van der Waals surface area contributed by atoms with Gasteiger partial charge in [-0.25, -0.2) is 0 Å². The van der Waals surface area contributed by atoms with Crippen LogP contribution in [0.3, 0.4) is 0 Å². The lowest BCUT2D eigenvalue weighted by molar-refractivity contribution is -0.332. The lowest BCUT2D eigenvalue weighted by Gasteiger charge is -2.45. The Morgan fingerprint density at radius 2 is 2.00 bits per heavy atom. The van der Waals surface area contributed by atoms with E-state index in [9.17, 15) is 4.79 Å². The van der Waals surface area contributed by atoms with Crippen LogP contribution in [0.4, 0.5) is 0 Å². The lowest BCUT2D eigenvalue weighted by atomic mass is 9.97. The molecule has 0 unspecified atom stereocenters. The normalized spacial score (nSPS) is 45.8. The van der Waals surface area contributed by atoms with Crippen LogP contribution in [0.1, 0.15) is 26.7 Å². The van der Waals surface area contributed by atoms with E-state index < -0.39 is 5.79 Å². The maximum atomic E-state index is 11.2. The number of carbonyl (C=O) groups excluding carboxylic acids is 1. The average Bonchev–Trinajstić information content (AvgIpc) is 2.52. The second kappa shape index (κ2) is 3.42. The molecule has 3 saturated heterocycles. The van der Waals surface area contributed by atoms with Crippen LogP contribution >= 0.6 is 0 Å². The predicted molar refractivity (Wildman–Crippen MR) is 52.7 cm³/mol. The van der Waals surface area contributed by atoms with Gasteiger partial charge in [-0.3, -0.25) is 4.79 Å². The Kier molecular flexibility index (Phi) is 2.24. The fraction of sp³-hybridized carbons (Fsp3) is 0.909. The molecule has 3 heterocycles. The van der Waals surface area contributed by atoms with Crippen LogP contribution in [0.15, 0.2) is 0 Å². The third-order valence-electron chi connectivity index (χ3n) is 3.32. The minimum absolute atomic E-state index is 0.0316. The highest BCUT2D eigenvalue weighted by molar-refractivity contribution is 5.72. The molecule has 0 amide bonds. The first-order chi connectivity index (χ1) is 7.53. The highest BCUT2D eigenvalue weighted by Gasteiger charge is 2.49. The summed E-state index contributed by atoms with van der Waals surface area (Å²) >= 11 is 0. The Balaban J connectivity index is 1.72. The maximum absolute atomic E-state index is 11.2. The molecule has 16 heavy (non-hydrogen) atoms. The molecule has 0 aromatic carbocycles. The van der Waals surface area contributed by atoms with Crippen molar-refractivity contribution in [3.63, 3.8) is 0 Å². The van der Waals surface area contributed by atoms with E-state index in [1.165, 1.54) is 0 Å². The molecule has 0 aromatic rings. The summed E-state index contributed by atoms with van der Waals surface area (Å²) in [6.07, 6.45) is 0.731. The monoisotopic (exact) mass is 228 g/mol. The first-order valence-corrected chi connectivity index (χ1v) is 5.70. The summed E-state index contributed by atoms with van der Waals surface area (Å²) < 4.78 is 22.3. The van der Waals surface area contributed by atoms with Crippen molar-refractivity contribution in [1.82, 2.24) is 0 Å². The van der Waals surface area contributed by atoms with E-state index in [1.54, 1.807) is 0 Å². The molecule has 0 aromatic heterocycles. The quantitative estimate of drug-likeness (QED) is 0.569. The topological polar surface area (TPSA) is 54.0 Å². The molecular weight excluding hydrogens is 212 g/mol. The fourth-order valence-electron chi connectivity index (χ4n) is 2.57. The molecule has 0 spiro atoms. The zero-order valence-electron chi connectivity index (χ0n) is 9.47. The summed E-state index contributed by atoms with van der Waals surface area (Å²) in [4.78, 5) is 11.2. The van der Waals surface area contributed by atoms with E-state index in [4.69, 9.17) is 18.9 Å². The van der Waals surface area contributed by atoms with Gasteiger partial charge in [0.1, 0.15) is 18.3 Å². The molecule has 0 aliphatic carbocycles. The van der Waals surface area contributed by atoms with Crippen LogP contribution in [-0.2, 0) is 23.7 Å². The molecule has 0 saturated carbocycles. The molecule has 5 heteroatoms. The number of esters is 1. The average molecular weight is 228 g/mol. The van der Waals surface area contributed by atoms with Crippen LogP contribution < -0.4 is 0 Å². The summed E-state index contributed by atoms with van der Waals surface area (Å²) in [6, 6.07) is 0. The molecule has 3 aliphatic heterocycles. The highest BCUT2D eigenvalue weighted by atomic mass is 16.7. The van der Waals surface area contributed by atoms with Crippen LogP contribution in [0.5, 0.6) is 0 Å². The van der Waals surface area contributed by atoms with Crippen molar-refractivity contribution in [3.8, 4) is 0 Å². The van der Waals surface area contributed by atoms with Crippen LogP contribution in [0.2, 0.25) is 0 Å². The van der Waals surface area contributed by atoms with Crippen molar-refractivity contribution in [2.24, 2.45) is 0 Å². The first kappa shape index (κ1) is 10.5. The number of rotatable bonds is 0. The summed E-state index contributed by atoms with van der Waals surface area (Å²) in [7, 11) is 0. The summed E-state index contributed by atoms with van der Waals surface area (Å²) in [5.41, 5.74) is 0. The molecule has 3 aliphatic rings. The van der Waals surface area contributed by atoms with Gasteiger partial charge >= 0.3 is 5.97 Å². The number of hydrogen-bond donors (Lipinski definition) is 0. The molecule has 5 nitrogen and oxygen atoms in total. The Labute approximate surface area is 94.0 Å². The summed E-state index contributed by atoms with van der Waals surface area (Å²) in [5.74, 6) is -0.742. The minimum atomic E-state index is -0.569. The zero-order chi connectivity index (χ0) is 11.3. The van der Waals surface area contributed by atoms with Crippen LogP contribution in [0.25, 0.3) is 0 Å². The van der Waals surface area contributed by atoms with Crippen LogP contribution in [-0.4, -0.2) is 42.8 Å². The van der Waals surface area contributed by atoms with Gasteiger partial charge in [0, 0.05) is 6.42 Å². The third-order valence-corrected chi connectivity index (χ3v) is 3.32. The molecule has 3 fully saturated rings. The van der Waals surface area contributed by atoms with Gasteiger partial charge in [-0.05, 0) is 13.8 Å². The minimum Gasteiger partial charge on any atom is -0.459 e. The molecule has 4 atom stereocenters. The first-order valence-electron chi connectivity index (χ1n) is 5.70. The van der Waals surface area contributed by atoms with Crippen molar-refractivity contribution >= 4 is 5.97 Å². The van der Waals surface area contributed by atoms with E-state index in [0.717, 1.165) is 0 Å². The largest absolute Gasteiger partial charge is 0.459 e. The van der Waals surface area contributed by atoms with Crippen molar-refractivity contribution in [1.29, 1.82) is 0 Å². The molecule has 0 radical (unpaired) electrons. The van der Waals surface area contributed by atoms with Gasteiger partial charge in [0.05, 0.1) is 19.1 Å². The van der Waals surface area contributed by atoms with Crippen LogP contribution in [0, 0.1) is 0 Å². The van der Waals surface area contributed by atoms with Gasteiger partial charge in [-0.2, -0.15) is 0 Å². The maximum Gasteiger partial charge on any atom is 0.308 e. The fourth-order valence-corrected chi connectivity index (χ4v) is 2.57. The summed E-state index contributed by atoms with van der Waals surface area (Å²) in [5, 5.41) is 0.